The van der Waals surface area contributed by atoms with Gasteiger partial charge in [0.15, 0.2) is 0 Å². The standard InChI is InChI=1S/C24H25NO4/c26-18(12-15-25-13-6-7-14-25)16-20(17-8-2-1-3-9-17)22-23(27)19-10-4-5-11-21(19)29-24(22)28/h1-5,8-11,20,27H,6-7,12-16H2. The molecule has 0 bridgehead atoms. The summed E-state index contributed by atoms with van der Waals surface area (Å²) in [6, 6.07) is 16.3. The molecule has 0 aliphatic carbocycles. The third-order valence-electron chi connectivity index (χ3n) is 5.71. The second-order valence-electron chi connectivity index (χ2n) is 7.65. The molecule has 150 valence electrons. The first-order chi connectivity index (χ1) is 14.1. The highest BCUT2D eigenvalue weighted by Gasteiger charge is 2.27. The number of ketones is 1. The number of hydrogen-bond donors (Lipinski definition) is 1. The number of benzene rings is 2. The van der Waals surface area contributed by atoms with E-state index in [1.165, 1.54) is 12.8 Å². The van der Waals surface area contributed by atoms with Crippen LogP contribution in [0.3, 0.4) is 0 Å². The lowest BCUT2D eigenvalue weighted by atomic mass is 9.86. The molecule has 0 spiro atoms. The highest BCUT2D eigenvalue weighted by atomic mass is 16.4. The van der Waals surface area contributed by atoms with Crippen molar-refractivity contribution in [2.24, 2.45) is 0 Å². The Balaban J connectivity index is 1.67. The van der Waals surface area contributed by atoms with Crippen molar-refractivity contribution < 1.29 is 14.3 Å². The van der Waals surface area contributed by atoms with Crippen LogP contribution in [0.1, 0.15) is 42.7 Å². The molecule has 1 fully saturated rings. The second kappa shape index (κ2) is 8.62. The van der Waals surface area contributed by atoms with E-state index < -0.39 is 11.5 Å². The van der Waals surface area contributed by atoms with Crippen LogP contribution in [0.5, 0.6) is 5.75 Å². The van der Waals surface area contributed by atoms with Crippen LogP contribution in [0.15, 0.2) is 63.8 Å². The smallest absolute Gasteiger partial charge is 0.343 e. The molecule has 0 amide bonds. The fraction of sp³-hybridized carbons (Fsp3) is 0.333. The van der Waals surface area contributed by atoms with Gasteiger partial charge in [-0.25, -0.2) is 4.79 Å². The van der Waals surface area contributed by atoms with Crippen LogP contribution in [0.25, 0.3) is 11.0 Å². The number of likely N-dealkylation sites (tertiary alicyclic amines) is 1. The largest absolute Gasteiger partial charge is 0.507 e. The maximum atomic E-state index is 12.8. The molecule has 1 unspecified atom stereocenters. The zero-order chi connectivity index (χ0) is 20.2. The fourth-order valence-electron chi connectivity index (χ4n) is 4.15. The van der Waals surface area contributed by atoms with E-state index in [1.807, 2.05) is 30.3 Å². The van der Waals surface area contributed by atoms with Gasteiger partial charge in [-0.15, -0.1) is 0 Å². The predicted molar refractivity (Wildman–Crippen MR) is 112 cm³/mol. The van der Waals surface area contributed by atoms with E-state index in [9.17, 15) is 14.7 Å². The second-order valence-corrected chi connectivity index (χ2v) is 7.65. The molecule has 0 radical (unpaired) electrons. The van der Waals surface area contributed by atoms with Crippen molar-refractivity contribution in [3.63, 3.8) is 0 Å². The zero-order valence-electron chi connectivity index (χ0n) is 16.3. The lowest BCUT2D eigenvalue weighted by Gasteiger charge is -2.19. The van der Waals surface area contributed by atoms with Crippen LogP contribution < -0.4 is 5.63 Å². The molecular formula is C24H25NO4. The Morgan fingerprint density at radius 3 is 2.48 bits per heavy atom. The number of fused-ring (bicyclic) bond motifs is 1. The molecule has 4 rings (SSSR count). The maximum absolute atomic E-state index is 12.8. The van der Waals surface area contributed by atoms with Crippen LogP contribution in [-0.4, -0.2) is 35.4 Å². The summed E-state index contributed by atoms with van der Waals surface area (Å²) in [5.74, 6) is -0.557. The van der Waals surface area contributed by atoms with Crippen molar-refractivity contribution in [2.75, 3.05) is 19.6 Å². The molecule has 1 aromatic heterocycles. The number of carbonyl (C=O) groups is 1. The van der Waals surface area contributed by atoms with Crippen LogP contribution >= 0.6 is 0 Å². The summed E-state index contributed by atoms with van der Waals surface area (Å²) in [7, 11) is 0. The summed E-state index contributed by atoms with van der Waals surface area (Å²) < 4.78 is 5.46. The van der Waals surface area contributed by atoms with Gasteiger partial charge in [0.25, 0.3) is 0 Å². The summed E-state index contributed by atoms with van der Waals surface area (Å²) in [6.45, 7) is 2.84. The van der Waals surface area contributed by atoms with E-state index in [0.29, 0.717) is 17.4 Å². The third-order valence-corrected chi connectivity index (χ3v) is 5.71. The quantitative estimate of drug-likeness (QED) is 0.615. The summed E-state index contributed by atoms with van der Waals surface area (Å²) in [5.41, 5.74) is 0.720. The highest BCUT2D eigenvalue weighted by Crippen LogP contribution is 2.36. The molecular weight excluding hydrogens is 366 g/mol. The Labute approximate surface area is 169 Å². The van der Waals surface area contributed by atoms with Crippen LogP contribution in [0.4, 0.5) is 0 Å². The van der Waals surface area contributed by atoms with E-state index in [2.05, 4.69) is 4.90 Å². The van der Waals surface area contributed by atoms with Crippen molar-refractivity contribution in [1.29, 1.82) is 0 Å². The van der Waals surface area contributed by atoms with Gasteiger partial charge < -0.3 is 14.4 Å². The van der Waals surface area contributed by atoms with Gasteiger partial charge >= 0.3 is 5.63 Å². The molecule has 1 atom stereocenters. The van der Waals surface area contributed by atoms with Gasteiger partial charge in [-0.3, -0.25) is 4.79 Å². The third kappa shape index (κ3) is 4.25. The predicted octanol–water partition coefficient (Wildman–Crippen LogP) is 4.08. The van der Waals surface area contributed by atoms with Gasteiger partial charge in [0, 0.05) is 25.3 Å². The maximum Gasteiger partial charge on any atom is 0.343 e. The van der Waals surface area contributed by atoms with Crippen molar-refractivity contribution in [2.45, 2.75) is 31.6 Å². The number of nitrogens with zero attached hydrogens (tertiary/aromatic N) is 1. The van der Waals surface area contributed by atoms with Gasteiger partial charge in [-0.2, -0.15) is 0 Å². The molecule has 0 saturated carbocycles. The lowest BCUT2D eigenvalue weighted by molar-refractivity contribution is -0.119. The normalized spacial score (nSPS) is 15.6. The monoisotopic (exact) mass is 391 g/mol. The minimum absolute atomic E-state index is 0.0812. The van der Waals surface area contributed by atoms with Crippen molar-refractivity contribution in [1.82, 2.24) is 4.90 Å². The molecule has 2 aromatic carbocycles. The average Bonchev–Trinajstić information content (AvgIpc) is 3.26. The first kappa shape index (κ1) is 19.4. The average molecular weight is 391 g/mol. The number of Topliss-reactive ketones (excluding diaryl/α,β-unsaturated/α-hetero) is 1. The van der Waals surface area contributed by atoms with Crippen LogP contribution in [0.2, 0.25) is 0 Å². The fourth-order valence-corrected chi connectivity index (χ4v) is 4.15. The summed E-state index contributed by atoms with van der Waals surface area (Å²) in [6.07, 6.45) is 2.98. The van der Waals surface area contributed by atoms with E-state index in [-0.39, 0.29) is 23.5 Å². The molecule has 5 nitrogen and oxygen atoms in total. The molecule has 1 saturated heterocycles. The van der Waals surface area contributed by atoms with E-state index in [4.69, 9.17) is 4.42 Å². The minimum Gasteiger partial charge on any atom is -0.507 e. The van der Waals surface area contributed by atoms with Crippen molar-refractivity contribution >= 4 is 16.8 Å². The number of hydrogen-bond acceptors (Lipinski definition) is 5. The van der Waals surface area contributed by atoms with Gasteiger partial charge in [0.2, 0.25) is 0 Å². The van der Waals surface area contributed by atoms with E-state index in [0.717, 1.165) is 25.2 Å². The molecule has 3 aromatic rings. The number of carbonyl (C=O) groups excluding carboxylic acids is 1. The summed E-state index contributed by atoms with van der Waals surface area (Å²) in [5, 5.41) is 11.4. The number of rotatable bonds is 7. The van der Waals surface area contributed by atoms with Gasteiger partial charge in [-0.1, -0.05) is 42.5 Å². The topological polar surface area (TPSA) is 70.8 Å². The van der Waals surface area contributed by atoms with E-state index >= 15 is 0 Å². The molecule has 1 N–H and O–H groups in total. The Hall–Kier alpha value is -2.92. The molecule has 5 heteroatoms. The minimum atomic E-state index is -0.595. The van der Waals surface area contributed by atoms with Gasteiger partial charge in [0.1, 0.15) is 17.1 Å². The molecule has 1 aliphatic heterocycles. The number of para-hydroxylation sites is 1. The van der Waals surface area contributed by atoms with Crippen LogP contribution in [-0.2, 0) is 4.79 Å². The number of aromatic hydroxyl groups is 1. The zero-order valence-corrected chi connectivity index (χ0v) is 16.3. The Bertz CT molecular complexity index is 1050. The van der Waals surface area contributed by atoms with Gasteiger partial charge in [-0.05, 0) is 43.6 Å². The SMILES string of the molecule is O=C(CCN1CCCC1)CC(c1ccccc1)c1c(O)c2ccccc2oc1=O. The Kier molecular flexibility index (Phi) is 5.76. The molecule has 2 heterocycles. The summed E-state index contributed by atoms with van der Waals surface area (Å²) in [4.78, 5) is 27.9. The lowest BCUT2D eigenvalue weighted by Crippen LogP contribution is -2.24. The molecule has 29 heavy (non-hydrogen) atoms. The first-order valence-corrected chi connectivity index (χ1v) is 10.2. The molecule has 1 aliphatic rings. The Morgan fingerprint density at radius 1 is 1.03 bits per heavy atom. The highest BCUT2D eigenvalue weighted by molar-refractivity contribution is 5.85. The van der Waals surface area contributed by atoms with E-state index in [1.54, 1.807) is 24.3 Å². The van der Waals surface area contributed by atoms with Crippen LogP contribution in [0, 0.1) is 0 Å². The van der Waals surface area contributed by atoms with Crippen molar-refractivity contribution in [3.05, 3.63) is 76.1 Å². The first-order valence-electron chi connectivity index (χ1n) is 10.2. The summed E-state index contributed by atoms with van der Waals surface area (Å²) >= 11 is 0. The Morgan fingerprint density at radius 2 is 1.72 bits per heavy atom. The van der Waals surface area contributed by atoms with Crippen molar-refractivity contribution in [3.8, 4) is 5.75 Å². The van der Waals surface area contributed by atoms with Gasteiger partial charge in [0.05, 0.1) is 10.9 Å².